The third-order valence-corrected chi connectivity index (χ3v) is 2.21. The Morgan fingerprint density at radius 2 is 2.25 bits per heavy atom. The zero-order chi connectivity index (χ0) is 11.7. The average molecular weight is 213 g/mol. The molecule has 0 spiro atoms. The number of Topliss-reactive ketones (excluding diaryl/α,β-unsaturated/α-hetero) is 1. The molecule has 5 heteroatoms. The molecule has 0 bridgehead atoms. The van der Waals surface area contributed by atoms with Crippen molar-refractivity contribution in [2.75, 3.05) is 0 Å². The van der Waals surface area contributed by atoms with E-state index in [0.29, 0.717) is 5.39 Å². The first-order chi connectivity index (χ1) is 7.63. The fourth-order valence-corrected chi connectivity index (χ4v) is 1.42. The lowest BCUT2D eigenvalue weighted by Gasteiger charge is -2.03. The van der Waals surface area contributed by atoms with Crippen LogP contribution in [0.2, 0.25) is 0 Å². The highest BCUT2D eigenvalue weighted by molar-refractivity contribution is 6.02. The number of rotatable bonds is 1. The van der Waals surface area contributed by atoms with E-state index in [1.807, 2.05) is 0 Å². The highest BCUT2D eigenvalue weighted by Gasteiger charge is 2.12. The lowest BCUT2D eigenvalue weighted by Crippen LogP contribution is -1.96. The first-order valence-corrected chi connectivity index (χ1v) is 4.53. The Kier molecular flexibility index (Phi) is 2.25. The van der Waals surface area contributed by atoms with Gasteiger partial charge in [-0.15, -0.1) is 0 Å². The first-order valence-electron chi connectivity index (χ1n) is 4.53. The molecule has 0 amide bonds. The van der Waals surface area contributed by atoms with E-state index in [2.05, 4.69) is 9.97 Å². The van der Waals surface area contributed by atoms with E-state index in [1.54, 1.807) is 12.1 Å². The van der Waals surface area contributed by atoms with Gasteiger partial charge in [0.25, 0.3) is 0 Å². The number of hydrogen-bond acceptors (Lipinski definition) is 5. The van der Waals surface area contributed by atoms with Crippen molar-refractivity contribution in [1.29, 1.82) is 5.26 Å². The standard InChI is InChI=1S/C11H7N3O2/c1-6(15)8-3-2-7-5-13-9(4-12)14-10(7)11(8)16/h2-3,5,16H,1H3. The van der Waals surface area contributed by atoms with E-state index in [-0.39, 0.29) is 28.4 Å². The predicted molar refractivity (Wildman–Crippen MR) is 55.9 cm³/mol. The maximum Gasteiger partial charge on any atom is 0.232 e. The second-order valence-electron chi connectivity index (χ2n) is 3.26. The number of phenols is 1. The average Bonchev–Trinajstić information content (AvgIpc) is 2.28. The Labute approximate surface area is 91.0 Å². The van der Waals surface area contributed by atoms with E-state index >= 15 is 0 Å². The van der Waals surface area contributed by atoms with E-state index in [4.69, 9.17) is 5.26 Å². The first kappa shape index (κ1) is 10.1. The molecule has 2 rings (SSSR count). The maximum absolute atomic E-state index is 11.2. The zero-order valence-electron chi connectivity index (χ0n) is 8.43. The number of aromatic hydroxyl groups is 1. The summed E-state index contributed by atoms with van der Waals surface area (Å²) in [6.45, 7) is 1.35. The Hall–Kier alpha value is -2.48. The summed E-state index contributed by atoms with van der Waals surface area (Å²) in [7, 11) is 0. The van der Waals surface area contributed by atoms with E-state index in [9.17, 15) is 9.90 Å². The van der Waals surface area contributed by atoms with Crippen LogP contribution in [0.15, 0.2) is 18.3 Å². The molecule has 16 heavy (non-hydrogen) atoms. The van der Waals surface area contributed by atoms with Gasteiger partial charge in [0, 0.05) is 11.6 Å². The Balaban J connectivity index is 2.82. The molecule has 0 aliphatic rings. The number of nitrogens with zero attached hydrogens (tertiary/aromatic N) is 3. The lowest BCUT2D eigenvalue weighted by molar-refractivity contribution is 0.101. The molecule has 0 fully saturated rings. The fraction of sp³-hybridized carbons (Fsp3) is 0.0909. The summed E-state index contributed by atoms with van der Waals surface area (Å²) in [5, 5.41) is 19.0. The van der Waals surface area contributed by atoms with Gasteiger partial charge < -0.3 is 5.11 Å². The van der Waals surface area contributed by atoms with E-state index < -0.39 is 0 Å². The van der Waals surface area contributed by atoms with Crippen molar-refractivity contribution in [1.82, 2.24) is 9.97 Å². The van der Waals surface area contributed by atoms with Crippen molar-refractivity contribution in [2.45, 2.75) is 6.92 Å². The highest BCUT2D eigenvalue weighted by atomic mass is 16.3. The number of benzene rings is 1. The van der Waals surface area contributed by atoms with Crippen LogP contribution in [0.4, 0.5) is 0 Å². The quantitative estimate of drug-likeness (QED) is 0.723. The van der Waals surface area contributed by atoms with Crippen LogP contribution in [-0.4, -0.2) is 20.9 Å². The van der Waals surface area contributed by atoms with Gasteiger partial charge in [0.2, 0.25) is 5.82 Å². The number of ketones is 1. The Morgan fingerprint density at radius 3 is 2.88 bits per heavy atom. The van der Waals surface area contributed by atoms with E-state index in [1.165, 1.54) is 19.2 Å². The number of nitriles is 1. The van der Waals surface area contributed by atoms with Crippen molar-refractivity contribution in [3.63, 3.8) is 0 Å². The molecule has 0 saturated heterocycles. The predicted octanol–water partition coefficient (Wildman–Crippen LogP) is 1.41. The number of phenolic OH excluding ortho intramolecular Hbond substituents is 1. The van der Waals surface area contributed by atoms with Gasteiger partial charge in [-0.3, -0.25) is 4.79 Å². The van der Waals surface area contributed by atoms with Crippen molar-refractivity contribution in [2.24, 2.45) is 0 Å². The summed E-state index contributed by atoms with van der Waals surface area (Å²) in [6.07, 6.45) is 1.44. The van der Waals surface area contributed by atoms with Crippen LogP contribution in [0, 0.1) is 11.3 Å². The van der Waals surface area contributed by atoms with Crippen molar-refractivity contribution in [3.8, 4) is 11.8 Å². The summed E-state index contributed by atoms with van der Waals surface area (Å²) >= 11 is 0. The van der Waals surface area contributed by atoms with Crippen molar-refractivity contribution in [3.05, 3.63) is 29.7 Å². The largest absolute Gasteiger partial charge is 0.505 e. The second-order valence-corrected chi connectivity index (χ2v) is 3.26. The summed E-state index contributed by atoms with van der Waals surface area (Å²) in [6, 6.07) is 4.92. The molecule has 0 aliphatic heterocycles. The number of aromatic nitrogens is 2. The molecule has 5 nitrogen and oxygen atoms in total. The molecular formula is C11H7N3O2. The minimum Gasteiger partial charge on any atom is -0.505 e. The SMILES string of the molecule is CC(=O)c1ccc2cnc(C#N)nc2c1O. The summed E-state index contributed by atoms with van der Waals surface area (Å²) in [5.41, 5.74) is 0.411. The molecule has 1 aromatic carbocycles. The highest BCUT2D eigenvalue weighted by Crippen LogP contribution is 2.26. The fourth-order valence-electron chi connectivity index (χ4n) is 1.42. The molecule has 0 radical (unpaired) electrons. The van der Waals surface area contributed by atoms with Crippen LogP contribution in [0.1, 0.15) is 23.1 Å². The van der Waals surface area contributed by atoms with Crippen LogP contribution in [0.3, 0.4) is 0 Å². The topological polar surface area (TPSA) is 86.9 Å². The Morgan fingerprint density at radius 1 is 1.50 bits per heavy atom. The normalized spacial score (nSPS) is 10.0. The number of hydrogen-bond donors (Lipinski definition) is 1. The summed E-state index contributed by atoms with van der Waals surface area (Å²) < 4.78 is 0. The molecule has 78 valence electrons. The van der Waals surface area contributed by atoms with Gasteiger partial charge in [-0.2, -0.15) is 5.26 Å². The minimum absolute atomic E-state index is 0.0384. The number of carbonyl (C=O) groups excluding carboxylic acids is 1. The van der Waals surface area contributed by atoms with E-state index in [0.717, 1.165) is 0 Å². The molecule has 0 saturated carbocycles. The molecule has 1 N–H and O–H groups in total. The summed E-state index contributed by atoms with van der Waals surface area (Å²) in [4.78, 5) is 18.8. The molecular weight excluding hydrogens is 206 g/mol. The number of fused-ring (bicyclic) bond motifs is 1. The molecule has 0 aliphatic carbocycles. The molecule has 1 heterocycles. The van der Waals surface area contributed by atoms with Crippen LogP contribution in [0.25, 0.3) is 10.9 Å². The zero-order valence-corrected chi connectivity index (χ0v) is 8.43. The molecule has 0 unspecified atom stereocenters. The minimum atomic E-state index is -0.253. The third kappa shape index (κ3) is 1.46. The van der Waals surface area contributed by atoms with Crippen molar-refractivity contribution < 1.29 is 9.90 Å². The molecule has 2 aromatic rings. The van der Waals surface area contributed by atoms with Crippen molar-refractivity contribution >= 4 is 16.7 Å². The second kappa shape index (κ2) is 3.59. The molecule has 0 atom stereocenters. The van der Waals surface area contributed by atoms with Crippen LogP contribution in [0.5, 0.6) is 5.75 Å². The maximum atomic E-state index is 11.2. The third-order valence-electron chi connectivity index (χ3n) is 2.21. The van der Waals surface area contributed by atoms with Gasteiger partial charge in [-0.25, -0.2) is 9.97 Å². The Bertz CT molecular complexity index is 629. The van der Waals surface area contributed by atoms with Gasteiger partial charge in [0.15, 0.2) is 11.5 Å². The van der Waals surface area contributed by atoms with Gasteiger partial charge in [-0.05, 0) is 13.0 Å². The van der Waals surface area contributed by atoms with Crippen LogP contribution < -0.4 is 0 Å². The lowest BCUT2D eigenvalue weighted by atomic mass is 10.1. The van der Waals surface area contributed by atoms with Gasteiger partial charge >= 0.3 is 0 Å². The monoisotopic (exact) mass is 213 g/mol. The van der Waals surface area contributed by atoms with Crippen LogP contribution >= 0.6 is 0 Å². The summed E-state index contributed by atoms with van der Waals surface area (Å²) in [5.74, 6) is -0.496. The van der Waals surface area contributed by atoms with Gasteiger partial charge in [-0.1, -0.05) is 6.07 Å². The van der Waals surface area contributed by atoms with Crippen LogP contribution in [-0.2, 0) is 0 Å². The molecule has 1 aromatic heterocycles. The number of carbonyl (C=O) groups is 1. The smallest absolute Gasteiger partial charge is 0.232 e. The van der Waals surface area contributed by atoms with Gasteiger partial charge in [0.05, 0.1) is 5.56 Å². The van der Waals surface area contributed by atoms with Gasteiger partial charge in [0.1, 0.15) is 11.6 Å².